The van der Waals surface area contributed by atoms with Gasteiger partial charge in [0, 0.05) is 11.8 Å². The summed E-state index contributed by atoms with van der Waals surface area (Å²) in [5.74, 6) is -0.627. The van der Waals surface area contributed by atoms with Crippen molar-refractivity contribution >= 4 is 15.7 Å². The number of halogens is 1. The molecule has 2 rings (SSSR count). The number of carbonyl (C=O) groups is 1. The van der Waals surface area contributed by atoms with Gasteiger partial charge in [-0.2, -0.15) is 0 Å². The minimum absolute atomic E-state index is 0.0360. The topological polar surface area (TPSA) is 63.2 Å². The van der Waals surface area contributed by atoms with E-state index in [1.165, 1.54) is 18.4 Å². The van der Waals surface area contributed by atoms with E-state index in [9.17, 15) is 17.6 Å². The Bertz CT molecular complexity index is 883. The van der Waals surface area contributed by atoms with Crippen LogP contribution in [0.1, 0.15) is 54.7 Å². The van der Waals surface area contributed by atoms with Crippen LogP contribution in [0.4, 0.5) is 4.39 Å². The zero-order chi connectivity index (χ0) is 20.2. The van der Waals surface area contributed by atoms with Crippen molar-refractivity contribution < 1.29 is 17.6 Å². The first kappa shape index (κ1) is 21.1. The maximum atomic E-state index is 13.2. The standard InChI is InChI=1S/C21H26FNO3S/c1-21(2,3)13-19(16-9-11-18(22)12-10-16)23-20(24)17-7-5-15(6-8-17)14-27(4,25)26/h5-12,19H,13-14H2,1-4H3,(H,23,24)/t19-/m0/s1. The summed E-state index contributed by atoms with van der Waals surface area (Å²) in [7, 11) is -3.12. The molecule has 0 fully saturated rings. The monoisotopic (exact) mass is 391 g/mol. The molecule has 0 unspecified atom stereocenters. The van der Waals surface area contributed by atoms with Gasteiger partial charge in [0.1, 0.15) is 5.82 Å². The molecule has 1 amide bonds. The van der Waals surface area contributed by atoms with Crippen molar-refractivity contribution in [1.29, 1.82) is 0 Å². The maximum Gasteiger partial charge on any atom is 0.251 e. The summed E-state index contributed by atoms with van der Waals surface area (Å²) in [5.41, 5.74) is 1.89. The van der Waals surface area contributed by atoms with Crippen molar-refractivity contribution in [1.82, 2.24) is 5.32 Å². The molecule has 1 atom stereocenters. The van der Waals surface area contributed by atoms with Crippen molar-refractivity contribution in [2.75, 3.05) is 6.26 Å². The van der Waals surface area contributed by atoms with E-state index < -0.39 is 9.84 Å². The number of rotatable bonds is 6. The summed E-state index contributed by atoms with van der Waals surface area (Å²) < 4.78 is 36.0. The lowest BCUT2D eigenvalue weighted by Gasteiger charge is -2.27. The van der Waals surface area contributed by atoms with Gasteiger partial charge in [-0.15, -0.1) is 0 Å². The fourth-order valence-electron chi connectivity index (χ4n) is 2.86. The number of hydrogen-bond acceptors (Lipinski definition) is 3. The molecule has 27 heavy (non-hydrogen) atoms. The van der Waals surface area contributed by atoms with Crippen molar-refractivity contribution in [3.63, 3.8) is 0 Å². The van der Waals surface area contributed by atoms with Crippen LogP contribution < -0.4 is 5.32 Å². The number of sulfone groups is 1. The lowest BCUT2D eigenvalue weighted by molar-refractivity contribution is 0.0926. The molecule has 1 N–H and O–H groups in total. The number of benzene rings is 2. The van der Waals surface area contributed by atoms with Gasteiger partial charge in [-0.1, -0.05) is 45.0 Å². The third-order valence-electron chi connectivity index (χ3n) is 4.04. The Balaban J connectivity index is 2.18. The Morgan fingerprint density at radius 2 is 1.59 bits per heavy atom. The van der Waals surface area contributed by atoms with E-state index in [0.29, 0.717) is 17.5 Å². The Labute approximate surface area is 160 Å². The van der Waals surface area contributed by atoms with Crippen LogP contribution in [0.5, 0.6) is 0 Å². The molecule has 2 aromatic carbocycles. The van der Waals surface area contributed by atoms with Gasteiger partial charge in [-0.05, 0) is 47.2 Å². The van der Waals surface area contributed by atoms with Crippen LogP contribution in [0.2, 0.25) is 0 Å². The fourth-order valence-corrected chi connectivity index (χ4v) is 3.65. The van der Waals surface area contributed by atoms with Crippen molar-refractivity contribution in [3.05, 3.63) is 71.0 Å². The summed E-state index contributed by atoms with van der Waals surface area (Å²) in [4.78, 5) is 12.7. The van der Waals surface area contributed by atoms with E-state index in [0.717, 1.165) is 5.56 Å². The third-order valence-corrected chi connectivity index (χ3v) is 4.90. The van der Waals surface area contributed by atoms with E-state index in [4.69, 9.17) is 0 Å². The fraction of sp³-hybridized carbons (Fsp3) is 0.381. The average molecular weight is 392 g/mol. The molecule has 0 spiro atoms. The molecule has 2 aromatic rings. The van der Waals surface area contributed by atoms with Gasteiger partial charge >= 0.3 is 0 Å². The Morgan fingerprint density at radius 1 is 1.04 bits per heavy atom. The molecule has 0 aromatic heterocycles. The minimum atomic E-state index is -3.12. The van der Waals surface area contributed by atoms with Crippen molar-refractivity contribution in [2.45, 2.75) is 39.0 Å². The number of hydrogen-bond donors (Lipinski definition) is 1. The molecule has 4 nitrogen and oxygen atoms in total. The smallest absolute Gasteiger partial charge is 0.251 e. The number of nitrogens with one attached hydrogen (secondary N) is 1. The highest BCUT2D eigenvalue weighted by Gasteiger charge is 2.22. The van der Waals surface area contributed by atoms with Crippen LogP contribution in [-0.4, -0.2) is 20.6 Å². The molecule has 0 aliphatic rings. The largest absolute Gasteiger partial charge is 0.345 e. The minimum Gasteiger partial charge on any atom is -0.345 e. The predicted molar refractivity (Wildman–Crippen MR) is 106 cm³/mol. The summed E-state index contributed by atoms with van der Waals surface area (Å²) in [6, 6.07) is 12.4. The summed E-state index contributed by atoms with van der Waals surface area (Å²) in [5, 5.41) is 3.01. The zero-order valence-corrected chi connectivity index (χ0v) is 16.9. The normalized spacial score (nSPS) is 13.2. The maximum absolute atomic E-state index is 13.2. The van der Waals surface area contributed by atoms with Gasteiger partial charge in [-0.25, -0.2) is 12.8 Å². The molecule has 0 saturated carbocycles. The van der Waals surface area contributed by atoms with Crippen LogP contribution in [0, 0.1) is 11.2 Å². The second-order valence-corrected chi connectivity index (χ2v) is 10.2. The average Bonchev–Trinajstić information content (AvgIpc) is 2.52. The quantitative estimate of drug-likeness (QED) is 0.799. The van der Waals surface area contributed by atoms with E-state index in [1.54, 1.807) is 36.4 Å². The molecule has 0 aliphatic carbocycles. The van der Waals surface area contributed by atoms with E-state index in [1.807, 2.05) is 0 Å². The Morgan fingerprint density at radius 3 is 2.07 bits per heavy atom. The van der Waals surface area contributed by atoms with E-state index in [2.05, 4.69) is 26.1 Å². The van der Waals surface area contributed by atoms with E-state index >= 15 is 0 Å². The second-order valence-electron chi connectivity index (χ2n) is 8.11. The molecule has 0 bridgehead atoms. The number of carbonyl (C=O) groups excluding carboxylic acids is 1. The van der Waals surface area contributed by atoms with Gasteiger partial charge < -0.3 is 5.32 Å². The van der Waals surface area contributed by atoms with Crippen LogP contribution in [-0.2, 0) is 15.6 Å². The van der Waals surface area contributed by atoms with Gasteiger partial charge in [0.25, 0.3) is 5.91 Å². The highest BCUT2D eigenvalue weighted by molar-refractivity contribution is 7.89. The lowest BCUT2D eigenvalue weighted by Crippen LogP contribution is -2.31. The van der Waals surface area contributed by atoms with Crippen molar-refractivity contribution in [3.8, 4) is 0 Å². The van der Waals surface area contributed by atoms with Crippen LogP contribution >= 0.6 is 0 Å². The summed E-state index contributed by atoms with van der Waals surface area (Å²) in [6.45, 7) is 6.24. The first-order valence-corrected chi connectivity index (χ1v) is 10.8. The summed E-state index contributed by atoms with van der Waals surface area (Å²) in [6.07, 6.45) is 1.87. The second kappa shape index (κ2) is 8.21. The highest BCUT2D eigenvalue weighted by Crippen LogP contribution is 2.30. The lowest BCUT2D eigenvalue weighted by atomic mass is 9.85. The molecule has 146 valence electrons. The Kier molecular flexibility index (Phi) is 6.42. The number of amides is 1. The van der Waals surface area contributed by atoms with Gasteiger partial charge in [0.2, 0.25) is 0 Å². The predicted octanol–water partition coefficient (Wildman–Crippen LogP) is 4.28. The molecular weight excluding hydrogens is 365 g/mol. The SMILES string of the molecule is CC(C)(C)C[C@H](NC(=O)c1ccc(CS(C)(=O)=O)cc1)c1ccc(F)cc1. The van der Waals surface area contributed by atoms with E-state index in [-0.39, 0.29) is 28.9 Å². The van der Waals surface area contributed by atoms with Crippen LogP contribution in [0.3, 0.4) is 0 Å². The molecule has 0 saturated heterocycles. The molecular formula is C21H26FNO3S. The first-order chi connectivity index (χ1) is 12.4. The third kappa shape index (κ3) is 7.13. The molecule has 0 heterocycles. The van der Waals surface area contributed by atoms with Crippen molar-refractivity contribution in [2.24, 2.45) is 5.41 Å². The van der Waals surface area contributed by atoms with Gasteiger partial charge in [0.15, 0.2) is 9.84 Å². The molecule has 6 heteroatoms. The van der Waals surface area contributed by atoms with Gasteiger partial charge in [0.05, 0.1) is 11.8 Å². The molecule has 0 aliphatic heterocycles. The highest BCUT2D eigenvalue weighted by atomic mass is 32.2. The molecule has 0 radical (unpaired) electrons. The Hall–Kier alpha value is -2.21. The first-order valence-electron chi connectivity index (χ1n) is 8.76. The van der Waals surface area contributed by atoms with Crippen LogP contribution in [0.15, 0.2) is 48.5 Å². The summed E-state index contributed by atoms with van der Waals surface area (Å²) >= 11 is 0. The van der Waals surface area contributed by atoms with Gasteiger partial charge in [-0.3, -0.25) is 4.79 Å². The van der Waals surface area contributed by atoms with Crippen LogP contribution in [0.25, 0.3) is 0 Å². The zero-order valence-electron chi connectivity index (χ0n) is 16.1.